The van der Waals surface area contributed by atoms with Crippen molar-refractivity contribution in [3.05, 3.63) is 58.1 Å². The highest BCUT2D eigenvalue weighted by molar-refractivity contribution is 8.00. The van der Waals surface area contributed by atoms with E-state index in [9.17, 15) is 19.7 Å². The number of benzene rings is 2. The fourth-order valence-electron chi connectivity index (χ4n) is 2.17. The number of carboxylic acid groups (broad SMARTS) is 1. The average Bonchev–Trinajstić information content (AvgIpc) is 2.73. The summed E-state index contributed by atoms with van der Waals surface area (Å²) in [6.07, 6.45) is 0.210. The SMILES string of the molecule is COc1cccc(/C=N\NC(=O)CSc2ccc([N+](=O)[O-])cc2)c1O[C@H](C)C(=O)O. The van der Waals surface area contributed by atoms with Crippen LogP contribution in [0.5, 0.6) is 11.5 Å². The van der Waals surface area contributed by atoms with Gasteiger partial charge >= 0.3 is 5.97 Å². The molecule has 2 aromatic rings. The Kier molecular flexibility index (Phi) is 8.18. The van der Waals surface area contributed by atoms with E-state index in [1.807, 2.05) is 0 Å². The van der Waals surface area contributed by atoms with E-state index in [1.165, 1.54) is 44.1 Å². The van der Waals surface area contributed by atoms with Gasteiger partial charge in [-0.2, -0.15) is 5.10 Å². The number of non-ortho nitro benzene ring substituents is 1. The molecule has 10 nitrogen and oxygen atoms in total. The molecule has 1 amide bonds. The van der Waals surface area contributed by atoms with Crippen molar-refractivity contribution in [3.63, 3.8) is 0 Å². The number of hydrazone groups is 1. The van der Waals surface area contributed by atoms with Gasteiger partial charge < -0.3 is 14.6 Å². The van der Waals surface area contributed by atoms with E-state index < -0.39 is 17.0 Å². The van der Waals surface area contributed by atoms with Gasteiger partial charge in [-0.15, -0.1) is 11.8 Å². The second-order valence-corrected chi connectivity index (χ2v) is 6.86. The van der Waals surface area contributed by atoms with Gasteiger partial charge in [0, 0.05) is 22.6 Å². The first-order valence-electron chi connectivity index (χ1n) is 8.57. The molecular weight excluding hydrogens is 414 g/mol. The van der Waals surface area contributed by atoms with Gasteiger partial charge in [0.05, 0.1) is 24.0 Å². The number of aliphatic carboxylic acids is 1. The van der Waals surface area contributed by atoms with Gasteiger partial charge in [0.25, 0.3) is 5.69 Å². The van der Waals surface area contributed by atoms with Crippen molar-refractivity contribution in [2.45, 2.75) is 17.9 Å². The Morgan fingerprint density at radius 1 is 1.30 bits per heavy atom. The number of methoxy groups -OCH3 is 1. The third-order valence-corrected chi connectivity index (χ3v) is 4.69. The summed E-state index contributed by atoms with van der Waals surface area (Å²) in [6.45, 7) is 1.38. The first-order valence-corrected chi connectivity index (χ1v) is 9.56. The van der Waals surface area contributed by atoms with Crippen molar-refractivity contribution in [2.24, 2.45) is 5.10 Å². The highest BCUT2D eigenvalue weighted by Gasteiger charge is 2.18. The van der Waals surface area contributed by atoms with Crippen molar-refractivity contribution >= 4 is 35.5 Å². The van der Waals surface area contributed by atoms with Crippen LogP contribution in [0.2, 0.25) is 0 Å². The summed E-state index contributed by atoms with van der Waals surface area (Å²) < 4.78 is 10.6. The number of ether oxygens (including phenoxy) is 2. The monoisotopic (exact) mass is 433 g/mol. The van der Waals surface area contributed by atoms with Crippen LogP contribution < -0.4 is 14.9 Å². The van der Waals surface area contributed by atoms with Gasteiger partial charge in [0.1, 0.15) is 0 Å². The molecule has 30 heavy (non-hydrogen) atoms. The van der Waals surface area contributed by atoms with E-state index in [-0.39, 0.29) is 23.1 Å². The number of nitro groups is 1. The van der Waals surface area contributed by atoms with Crippen molar-refractivity contribution in [2.75, 3.05) is 12.9 Å². The average molecular weight is 433 g/mol. The molecule has 0 aliphatic heterocycles. The first kappa shape index (κ1) is 22.7. The van der Waals surface area contributed by atoms with E-state index in [0.29, 0.717) is 16.2 Å². The maximum absolute atomic E-state index is 12.0. The quantitative estimate of drug-likeness (QED) is 0.252. The van der Waals surface area contributed by atoms with Gasteiger partial charge in [0.2, 0.25) is 5.91 Å². The molecule has 2 N–H and O–H groups in total. The Hall–Kier alpha value is -3.60. The highest BCUT2D eigenvalue weighted by atomic mass is 32.2. The van der Waals surface area contributed by atoms with Crippen molar-refractivity contribution in [3.8, 4) is 11.5 Å². The van der Waals surface area contributed by atoms with Crippen LogP contribution in [0.1, 0.15) is 12.5 Å². The van der Waals surface area contributed by atoms with E-state index in [1.54, 1.807) is 30.3 Å². The van der Waals surface area contributed by atoms with Gasteiger partial charge in [-0.1, -0.05) is 6.07 Å². The Labute approximate surface area is 176 Å². The van der Waals surface area contributed by atoms with E-state index in [4.69, 9.17) is 14.6 Å². The van der Waals surface area contributed by atoms with Gasteiger partial charge in [0.15, 0.2) is 17.6 Å². The number of amides is 1. The summed E-state index contributed by atoms with van der Waals surface area (Å²) in [5.41, 5.74) is 2.76. The molecule has 0 unspecified atom stereocenters. The molecule has 0 aliphatic carbocycles. The fourth-order valence-corrected chi connectivity index (χ4v) is 2.86. The molecule has 11 heteroatoms. The van der Waals surface area contributed by atoms with Crippen LogP contribution in [-0.2, 0) is 9.59 Å². The zero-order chi connectivity index (χ0) is 22.1. The van der Waals surface area contributed by atoms with E-state index in [2.05, 4.69) is 10.5 Å². The number of hydrogen-bond donors (Lipinski definition) is 2. The molecule has 0 heterocycles. The van der Waals surface area contributed by atoms with Crippen LogP contribution in [0.15, 0.2) is 52.5 Å². The standard InChI is InChI=1S/C19H19N3O7S/c1-12(19(24)25)29-18-13(4-3-5-16(18)28-2)10-20-21-17(23)11-30-15-8-6-14(7-9-15)22(26)27/h3-10,12H,11H2,1-2H3,(H,21,23)(H,24,25)/b20-10-/t12-/m1/s1. The second kappa shape index (κ2) is 10.8. The minimum absolute atomic E-state index is 0.0260. The minimum atomic E-state index is -1.14. The molecule has 0 aromatic heterocycles. The minimum Gasteiger partial charge on any atom is -0.493 e. The summed E-state index contributed by atoms with van der Waals surface area (Å²) in [4.78, 5) is 33.9. The van der Waals surface area contributed by atoms with Crippen molar-refractivity contribution in [1.82, 2.24) is 5.43 Å². The number of thioether (sulfide) groups is 1. The van der Waals surface area contributed by atoms with E-state index >= 15 is 0 Å². The zero-order valence-corrected chi connectivity index (χ0v) is 16.9. The van der Waals surface area contributed by atoms with Crippen LogP contribution in [0.25, 0.3) is 0 Å². The van der Waals surface area contributed by atoms with Crippen LogP contribution in [0.4, 0.5) is 5.69 Å². The molecule has 2 rings (SSSR count). The molecule has 0 aliphatic rings. The van der Waals surface area contributed by atoms with Crippen molar-refractivity contribution < 1.29 is 29.1 Å². The Morgan fingerprint density at radius 3 is 2.60 bits per heavy atom. The lowest BCUT2D eigenvalue weighted by Crippen LogP contribution is -2.24. The van der Waals surface area contributed by atoms with Gasteiger partial charge in [-0.25, -0.2) is 10.2 Å². The molecule has 0 spiro atoms. The lowest BCUT2D eigenvalue weighted by molar-refractivity contribution is -0.384. The van der Waals surface area contributed by atoms with Gasteiger partial charge in [-0.05, 0) is 31.2 Å². The third kappa shape index (κ3) is 6.48. The molecule has 0 bridgehead atoms. The summed E-state index contributed by atoms with van der Waals surface area (Å²) >= 11 is 1.20. The number of carbonyl (C=O) groups excluding carboxylic acids is 1. The smallest absolute Gasteiger partial charge is 0.344 e. The molecule has 1 atom stereocenters. The molecular formula is C19H19N3O7S. The topological polar surface area (TPSA) is 140 Å². The molecule has 0 saturated heterocycles. The van der Waals surface area contributed by atoms with Crippen LogP contribution in [0, 0.1) is 10.1 Å². The summed E-state index contributed by atoms with van der Waals surface area (Å²) in [5, 5.41) is 23.6. The number of hydrogen-bond acceptors (Lipinski definition) is 8. The fraction of sp³-hybridized carbons (Fsp3) is 0.211. The first-order chi connectivity index (χ1) is 14.3. The molecule has 2 aromatic carbocycles. The van der Waals surface area contributed by atoms with Gasteiger partial charge in [-0.3, -0.25) is 14.9 Å². The second-order valence-electron chi connectivity index (χ2n) is 5.81. The largest absolute Gasteiger partial charge is 0.493 e. The Bertz CT molecular complexity index is 948. The molecule has 0 saturated carbocycles. The molecule has 158 valence electrons. The lowest BCUT2D eigenvalue weighted by Gasteiger charge is -2.15. The molecule has 0 radical (unpaired) electrons. The Morgan fingerprint density at radius 2 is 2.00 bits per heavy atom. The number of nitrogens with zero attached hydrogens (tertiary/aromatic N) is 2. The number of nitro benzene ring substituents is 1. The van der Waals surface area contributed by atoms with Crippen LogP contribution in [-0.4, -0.2) is 47.1 Å². The van der Waals surface area contributed by atoms with E-state index in [0.717, 1.165) is 0 Å². The lowest BCUT2D eigenvalue weighted by atomic mass is 10.2. The summed E-state index contributed by atoms with van der Waals surface area (Å²) in [6, 6.07) is 10.8. The Balaban J connectivity index is 1.97. The third-order valence-electron chi connectivity index (χ3n) is 3.68. The number of para-hydroxylation sites is 1. The number of carboxylic acids is 1. The normalized spacial score (nSPS) is 11.7. The summed E-state index contributed by atoms with van der Waals surface area (Å²) in [5.74, 6) is -0.966. The number of rotatable bonds is 10. The van der Waals surface area contributed by atoms with Crippen molar-refractivity contribution in [1.29, 1.82) is 0 Å². The number of nitrogens with one attached hydrogen (secondary N) is 1. The van der Waals surface area contributed by atoms with Crippen LogP contribution in [0.3, 0.4) is 0 Å². The maximum atomic E-state index is 12.0. The predicted octanol–water partition coefficient (Wildman–Crippen LogP) is 2.70. The summed E-state index contributed by atoms with van der Waals surface area (Å²) in [7, 11) is 1.42. The zero-order valence-electron chi connectivity index (χ0n) is 16.1. The maximum Gasteiger partial charge on any atom is 0.344 e. The predicted molar refractivity (Wildman–Crippen MR) is 110 cm³/mol. The molecule has 0 fully saturated rings. The van der Waals surface area contributed by atoms with Crippen LogP contribution >= 0.6 is 11.8 Å². The number of carbonyl (C=O) groups is 2. The highest BCUT2D eigenvalue weighted by Crippen LogP contribution is 2.31.